The summed E-state index contributed by atoms with van der Waals surface area (Å²) in [4.78, 5) is 12.6. The lowest BCUT2D eigenvalue weighted by Gasteiger charge is -2.15. The Kier molecular flexibility index (Phi) is 7.72. The van der Waals surface area contributed by atoms with Crippen LogP contribution < -0.4 is 14.8 Å². The van der Waals surface area contributed by atoms with Crippen LogP contribution in [0, 0.1) is 13.8 Å². The molecule has 32 heavy (non-hydrogen) atoms. The Morgan fingerprint density at radius 3 is 2.44 bits per heavy atom. The first kappa shape index (κ1) is 23.1. The van der Waals surface area contributed by atoms with Crippen LogP contribution >= 0.6 is 0 Å². The minimum atomic E-state index is -0.167. The van der Waals surface area contributed by atoms with Crippen LogP contribution in [0.2, 0.25) is 0 Å². The third-order valence-electron chi connectivity index (χ3n) is 5.43. The molecule has 1 amide bonds. The molecule has 0 aromatic heterocycles. The molecule has 0 atom stereocenters. The molecule has 0 radical (unpaired) electrons. The fraction of sp³-hybridized carbons (Fsp3) is 0.250. The topological polar surface area (TPSA) is 47.6 Å². The molecule has 0 aliphatic rings. The zero-order chi connectivity index (χ0) is 23.1. The van der Waals surface area contributed by atoms with Gasteiger partial charge in [-0.15, -0.1) is 0 Å². The van der Waals surface area contributed by atoms with Gasteiger partial charge < -0.3 is 14.8 Å². The highest BCUT2D eigenvalue weighted by Gasteiger charge is 2.11. The van der Waals surface area contributed by atoms with Crippen molar-refractivity contribution in [1.29, 1.82) is 0 Å². The molecule has 0 heterocycles. The fourth-order valence-corrected chi connectivity index (χ4v) is 3.51. The van der Waals surface area contributed by atoms with Gasteiger partial charge in [0.05, 0.1) is 7.11 Å². The van der Waals surface area contributed by atoms with E-state index in [1.54, 1.807) is 19.3 Å². The average Bonchev–Trinajstić information content (AvgIpc) is 2.78. The smallest absolute Gasteiger partial charge is 0.248 e. The van der Waals surface area contributed by atoms with Gasteiger partial charge in [-0.05, 0) is 65.8 Å². The van der Waals surface area contributed by atoms with E-state index in [0.29, 0.717) is 24.0 Å². The predicted molar refractivity (Wildman–Crippen MR) is 131 cm³/mol. The van der Waals surface area contributed by atoms with E-state index in [0.717, 1.165) is 27.9 Å². The van der Waals surface area contributed by atoms with Crippen LogP contribution in [0.5, 0.6) is 11.5 Å². The van der Waals surface area contributed by atoms with E-state index in [-0.39, 0.29) is 5.91 Å². The van der Waals surface area contributed by atoms with Gasteiger partial charge in [0.1, 0.15) is 6.61 Å². The average molecular weight is 430 g/mol. The summed E-state index contributed by atoms with van der Waals surface area (Å²) in [6.45, 7) is 8.78. The first-order chi connectivity index (χ1) is 15.4. The van der Waals surface area contributed by atoms with Crippen molar-refractivity contribution in [2.75, 3.05) is 12.4 Å². The van der Waals surface area contributed by atoms with Gasteiger partial charge in [0.2, 0.25) is 5.91 Å². The predicted octanol–water partition coefficient (Wildman–Crippen LogP) is 6.67. The summed E-state index contributed by atoms with van der Waals surface area (Å²) >= 11 is 0. The fourth-order valence-electron chi connectivity index (χ4n) is 3.51. The van der Waals surface area contributed by atoms with Gasteiger partial charge in [-0.25, -0.2) is 0 Å². The van der Waals surface area contributed by atoms with E-state index in [1.807, 2.05) is 49.4 Å². The van der Waals surface area contributed by atoms with E-state index in [4.69, 9.17) is 9.47 Å². The van der Waals surface area contributed by atoms with Gasteiger partial charge >= 0.3 is 0 Å². The molecule has 0 aliphatic heterocycles. The van der Waals surface area contributed by atoms with Gasteiger partial charge in [0.15, 0.2) is 11.5 Å². The number of carbonyl (C=O) groups is 1. The van der Waals surface area contributed by atoms with Crippen molar-refractivity contribution in [3.8, 4) is 11.5 Å². The Bertz CT molecular complexity index is 1120. The number of hydrogen-bond acceptors (Lipinski definition) is 3. The molecule has 0 saturated heterocycles. The molecule has 0 fully saturated rings. The maximum absolute atomic E-state index is 12.6. The van der Waals surface area contributed by atoms with Crippen LogP contribution in [0.15, 0.2) is 66.7 Å². The Morgan fingerprint density at radius 1 is 0.969 bits per heavy atom. The van der Waals surface area contributed by atoms with Crippen LogP contribution in [0.25, 0.3) is 6.08 Å². The summed E-state index contributed by atoms with van der Waals surface area (Å²) < 4.78 is 11.5. The number of ether oxygens (including phenoxy) is 2. The zero-order valence-electron chi connectivity index (χ0n) is 19.4. The van der Waals surface area contributed by atoms with Gasteiger partial charge in [0, 0.05) is 11.8 Å². The second-order valence-corrected chi connectivity index (χ2v) is 8.14. The number of amides is 1. The number of para-hydroxylation sites is 1. The van der Waals surface area contributed by atoms with Crippen molar-refractivity contribution in [2.45, 2.75) is 40.2 Å². The molecule has 166 valence electrons. The molecule has 0 unspecified atom stereocenters. The molecular weight excluding hydrogens is 398 g/mol. The number of aryl methyl sites for hydroxylation is 2. The van der Waals surface area contributed by atoms with E-state index in [9.17, 15) is 4.79 Å². The van der Waals surface area contributed by atoms with Crippen molar-refractivity contribution < 1.29 is 14.3 Å². The summed E-state index contributed by atoms with van der Waals surface area (Å²) in [6, 6.07) is 19.9. The summed E-state index contributed by atoms with van der Waals surface area (Å²) in [5.74, 6) is 1.45. The van der Waals surface area contributed by atoms with Gasteiger partial charge in [0.25, 0.3) is 0 Å². The highest BCUT2D eigenvalue weighted by atomic mass is 16.5. The van der Waals surface area contributed by atoms with Crippen molar-refractivity contribution in [1.82, 2.24) is 0 Å². The number of methoxy groups -OCH3 is 1. The molecule has 3 aromatic carbocycles. The maximum Gasteiger partial charge on any atom is 0.248 e. The number of nitrogens with one attached hydrogen (secondary N) is 1. The van der Waals surface area contributed by atoms with Crippen molar-refractivity contribution >= 4 is 17.7 Å². The van der Waals surface area contributed by atoms with Crippen LogP contribution in [0.3, 0.4) is 0 Å². The van der Waals surface area contributed by atoms with Crippen LogP contribution in [-0.4, -0.2) is 13.0 Å². The lowest BCUT2D eigenvalue weighted by molar-refractivity contribution is -0.111. The monoisotopic (exact) mass is 429 g/mol. The Balaban J connectivity index is 1.70. The molecule has 0 spiro atoms. The largest absolute Gasteiger partial charge is 0.493 e. The van der Waals surface area contributed by atoms with Crippen molar-refractivity contribution in [3.05, 3.63) is 94.6 Å². The standard InChI is InChI=1S/C28H31NO3/c1-19(2)24-12-8-10-21(4)28(24)29-27(30)16-14-22-13-15-25(26(17-22)31-5)32-18-23-11-7-6-9-20(23)3/h6-17,19H,18H2,1-5H3,(H,29,30). The lowest BCUT2D eigenvalue weighted by atomic mass is 9.98. The number of rotatable bonds is 8. The Morgan fingerprint density at radius 2 is 1.72 bits per heavy atom. The second-order valence-electron chi connectivity index (χ2n) is 8.14. The number of hydrogen-bond donors (Lipinski definition) is 1. The normalized spacial score (nSPS) is 11.1. The summed E-state index contributed by atoms with van der Waals surface area (Å²) in [7, 11) is 1.61. The SMILES string of the molecule is COc1cc(C=CC(=O)Nc2c(C)cccc2C(C)C)ccc1OCc1ccccc1C. The lowest BCUT2D eigenvalue weighted by Crippen LogP contribution is -2.11. The highest BCUT2D eigenvalue weighted by molar-refractivity contribution is 6.02. The third kappa shape index (κ3) is 5.79. The first-order valence-electron chi connectivity index (χ1n) is 10.8. The van der Waals surface area contributed by atoms with Crippen molar-refractivity contribution in [3.63, 3.8) is 0 Å². The molecular formula is C28H31NO3. The molecule has 3 aromatic rings. The molecule has 0 bridgehead atoms. The number of benzene rings is 3. The number of anilines is 1. The van der Waals surface area contributed by atoms with Crippen LogP contribution in [-0.2, 0) is 11.4 Å². The molecule has 4 nitrogen and oxygen atoms in total. The van der Waals surface area contributed by atoms with Crippen LogP contribution in [0.1, 0.15) is 47.6 Å². The molecule has 4 heteroatoms. The third-order valence-corrected chi connectivity index (χ3v) is 5.43. The molecule has 1 N–H and O–H groups in total. The van der Waals surface area contributed by atoms with E-state index in [2.05, 4.69) is 44.3 Å². The summed E-state index contributed by atoms with van der Waals surface area (Å²) in [5, 5.41) is 3.03. The van der Waals surface area contributed by atoms with E-state index < -0.39 is 0 Å². The minimum Gasteiger partial charge on any atom is -0.493 e. The van der Waals surface area contributed by atoms with Crippen molar-refractivity contribution in [2.24, 2.45) is 0 Å². The summed E-state index contributed by atoms with van der Waals surface area (Å²) in [5.41, 5.74) is 6.24. The number of carbonyl (C=O) groups excluding carboxylic acids is 1. The molecule has 0 aliphatic carbocycles. The maximum atomic E-state index is 12.6. The Labute approximate surface area is 190 Å². The van der Waals surface area contributed by atoms with Crippen LogP contribution in [0.4, 0.5) is 5.69 Å². The Hall–Kier alpha value is -3.53. The van der Waals surface area contributed by atoms with E-state index in [1.165, 1.54) is 5.56 Å². The summed E-state index contributed by atoms with van der Waals surface area (Å²) in [6.07, 6.45) is 3.31. The second kappa shape index (κ2) is 10.7. The molecule has 3 rings (SSSR count). The first-order valence-corrected chi connectivity index (χ1v) is 10.8. The minimum absolute atomic E-state index is 0.167. The zero-order valence-corrected chi connectivity index (χ0v) is 19.4. The quantitative estimate of drug-likeness (QED) is 0.407. The molecule has 0 saturated carbocycles. The van der Waals surface area contributed by atoms with Gasteiger partial charge in [-0.3, -0.25) is 4.79 Å². The van der Waals surface area contributed by atoms with Gasteiger partial charge in [-0.1, -0.05) is 62.4 Å². The van der Waals surface area contributed by atoms with Gasteiger partial charge in [-0.2, -0.15) is 0 Å². The highest BCUT2D eigenvalue weighted by Crippen LogP contribution is 2.30. The van der Waals surface area contributed by atoms with E-state index >= 15 is 0 Å².